The molecule has 2 heterocycles. The van der Waals surface area contributed by atoms with E-state index < -0.39 is 17.4 Å². The van der Waals surface area contributed by atoms with Crippen LogP contribution in [0.2, 0.25) is 0 Å². The molecule has 0 atom stereocenters. The van der Waals surface area contributed by atoms with Gasteiger partial charge in [0.15, 0.2) is 16.7 Å². The van der Waals surface area contributed by atoms with Gasteiger partial charge in [0.1, 0.15) is 5.69 Å². The van der Waals surface area contributed by atoms with Crippen molar-refractivity contribution in [1.82, 2.24) is 15.0 Å². The molecule has 2 N–H and O–H groups in total. The van der Waals surface area contributed by atoms with Crippen LogP contribution in [0.5, 0.6) is 5.75 Å². The summed E-state index contributed by atoms with van der Waals surface area (Å²) in [5, 5.41) is 4.58. The quantitative estimate of drug-likeness (QED) is 0.745. The molecule has 7 nitrogen and oxygen atoms in total. The van der Waals surface area contributed by atoms with E-state index in [1.165, 1.54) is 36.6 Å². The van der Waals surface area contributed by atoms with Crippen molar-refractivity contribution in [3.05, 3.63) is 57.3 Å². The summed E-state index contributed by atoms with van der Waals surface area (Å²) in [4.78, 5) is 33.8. The molecule has 0 saturated carbocycles. The number of nitrogens with one attached hydrogen (secondary N) is 2. The van der Waals surface area contributed by atoms with Crippen LogP contribution in [0.15, 0.2) is 34.4 Å². The highest BCUT2D eigenvalue weighted by Crippen LogP contribution is 2.28. The van der Waals surface area contributed by atoms with Gasteiger partial charge in [-0.1, -0.05) is 0 Å². The molecule has 0 aliphatic heterocycles. The summed E-state index contributed by atoms with van der Waals surface area (Å²) in [6.45, 7) is 1.65. The van der Waals surface area contributed by atoms with Gasteiger partial charge < -0.3 is 9.72 Å². The standard InChI is InChI=1S/C16H13FN4O3S/c1-8-5-11(19-15(23)18-8)14(22)21-16-20-12(7-25-16)9-3-4-13(24-2)10(17)6-9/h3-7H,1-2H3,(H,18,19,23)(H,20,21,22). The average Bonchev–Trinajstić information content (AvgIpc) is 3.02. The minimum atomic E-state index is -0.598. The van der Waals surface area contributed by atoms with E-state index in [4.69, 9.17) is 4.74 Å². The van der Waals surface area contributed by atoms with Crippen LogP contribution in [0.25, 0.3) is 11.3 Å². The molecular weight excluding hydrogens is 347 g/mol. The maximum Gasteiger partial charge on any atom is 0.345 e. The third-order valence-electron chi connectivity index (χ3n) is 3.28. The predicted octanol–water partition coefficient (Wildman–Crippen LogP) is 2.60. The zero-order valence-corrected chi connectivity index (χ0v) is 14.1. The molecule has 9 heteroatoms. The highest BCUT2D eigenvalue weighted by Gasteiger charge is 2.13. The van der Waals surface area contributed by atoms with Gasteiger partial charge in [-0.2, -0.15) is 4.98 Å². The Morgan fingerprint density at radius 1 is 1.32 bits per heavy atom. The molecule has 2 aromatic heterocycles. The largest absolute Gasteiger partial charge is 0.494 e. The van der Waals surface area contributed by atoms with Gasteiger partial charge in [0.05, 0.1) is 12.8 Å². The smallest absolute Gasteiger partial charge is 0.345 e. The number of rotatable bonds is 4. The Bertz CT molecular complexity index is 999. The molecule has 0 unspecified atom stereocenters. The van der Waals surface area contributed by atoms with Gasteiger partial charge in [-0.3, -0.25) is 10.1 Å². The number of anilines is 1. The first-order valence-corrected chi connectivity index (χ1v) is 8.03. The summed E-state index contributed by atoms with van der Waals surface area (Å²) in [5.41, 5.74) is 0.989. The van der Waals surface area contributed by atoms with E-state index in [0.717, 1.165) is 0 Å². The first-order valence-electron chi connectivity index (χ1n) is 7.15. The zero-order valence-electron chi connectivity index (χ0n) is 13.3. The molecular formula is C16H13FN4O3S. The molecule has 25 heavy (non-hydrogen) atoms. The van der Waals surface area contributed by atoms with Crippen LogP contribution in [0.4, 0.5) is 9.52 Å². The summed E-state index contributed by atoms with van der Waals surface area (Å²) in [6, 6.07) is 5.95. The minimum Gasteiger partial charge on any atom is -0.494 e. The summed E-state index contributed by atoms with van der Waals surface area (Å²) >= 11 is 1.18. The number of aryl methyl sites for hydroxylation is 1. The third-order valence-corrected chi connectivity index (χ3v) is 4.04. The van der Waals surface area contributed by atoms with Crippen LogP contribution >= 0.6 is 11.3 Å². The highest BCUT2D eigenvalue weighted by molar-refractivity contribution is 7.14. The molecule has 0 aliphatic rings. The molecule has 0 radical (unpaired) electrons. The Morgan fingerprint density at radius 2 is 2.12 bits per heavy atom. The second-order valence-electron chi connectivity index (χ2n) is 5.10. The number of hydrogen-bond donors (Lipinski definition) is 2. The highest BCUT2D eigenvalue weighted by atomic mass is 32.1. The van der Waals surface area contributed by atoms with E-state index in [2.05, 4.69) is 20.3 Å². The molecule has 1 aromatic carbocycles. The molecule has 1 amide bonds. The Balaban J connectivity index is 1.80. The van der Waals surface area contributed by atoms with E-state index in [9.17, 15) is 14.0 Å². The van der Waals surface area contributed by atoms with Crippen molar-refractivity contribution in [2.45, 2.75) is 6.92 Å². The molecule has 0 saturated heterocycles. The van der Waals surface area contributed by atoms with Crippen molar-refractivity contribution in [2.75, 3.05) is 12.4 Å². The van der Waals surface area contributed by atoms with E-state index >= 15 is 0 Å². The Kier molecular flexibility index (Phi) is 4.57. The molecule has 0 spiro atoms. The van der Waals surface area contributed by atoms with Gasteiger partial charge >= 0.3 is 5.69 Å². The lowest BCUT2D eigenvalue weighted by Crippen LogP contribution is -2.21. The van der Waals surface area contributed by atoms with E-state index in [-0.39, 0.29) is 11.4 Å². The van der Waals surface area contributed by atoms with E-state index in [0.29, 0.717) is 22.1 Å². The van der Waals surface area contributed by atoms with Crippen LogP contribution in [-0.2, 0) is 0 Å². The second-order valence-corrected chi connectivity index (χ2v) is 5.95. The summed E-state index contributed by atoms with van der Waals surface area (Å²) < 4.78 is 18.7. The summed E-state index contributed by atoms with van der Waals surface area (Å²) in [5.74, 6) is -0.902. The lowest BCUT2D eigenvalue weighted by molar-refractivity contribution is 0.102. The predicted molar refractivity (Wildman–Crippen MR) is 91.6 cm³/mol. The fraction of sp³-hybridized carbons (Fsp3) is 0.125. The average molecular weight is 360 g/mol. The van der Waals surface area contributed by atoms with Gasteiger partial charge in [0.2, 0.25) is 0 Å². The lowest BCUT2D eigenvalue weighted by atomic mass is 10.1. The Labute approximate surface area is 145 Å². The maximum absolute atomic E-state index is 13.8. The number of amides is 1. The number of aromatic nitrogens is 3. The van der Waals surface area contributed by atoms with Gasteiger partial charge in [0, 0.05) is 16.6 Å². The van der Waals surface area contributed by atoms with E-state index in [1.807, 2.05) is 0 Å². The van der Waals surface area contributed by atoms with Crippen LogP contribution in [-0.4, -0.2) is 28.0 Å². The fourth-order valence-electron chi connectivity index (χ4n) is 2.15. The van der Waals surface area contributed by atoms with Crippen molar-refractivity contribution >= 4 is 22.4 Å². The van der Waals surface area contributed by atoms with Crippen LogP contribution in [0.3, 0.4) is 0 Å². The Morgan fingerprint density at radius 3 is 2.80 bits per heavy atom. The monoisotopic (exact) mass is 360 g/mol. The normalized spacial score (nSPS) is 10.5. The molecule has 128 valence electrons. The number of carbonyl (C=O) groups excluding carboxylic acids is 1. The molecule has 3 aromatic rings. The third kappa shape index (κ3) is 3.72. The number of ether oxygens (including phenoxy) is 1. The first-order chi connectivity index (χ1) is 12.0. The molecule has 3 rings (SSSR count). The van der Waals surface area contributed by atoms with Crippen molar-refractivity contribution in [3.63, 3.8) is 0 Å². The SMILES string of the molecule is COc1ccc(-c2csc(NC(=O)c3cc(C)[nH]c(=O)n3)n2)cc1F. The number of halogens is 1. The maximum atomic E-state index is 13.8. The molecule has 0 bridgehead atoms. The van der Waals surface area contributed by atoms with Crippen LogP contribution in [0.1, 0.15) is 16.2 Å². The number of benzene rings is 1. The Hall–Kier alpha value is -3.07. The number of thiazole rings is 1. The van der Waals surface area contributed by atoms with Crippen molar-refractivity contribution in [3.8, 4) is 17.0 Å². The van der Waals surface area contributed by atoms with Crippen molar-refractivity contribution < 1.29 is 13.9 Å². The number of hydrogen-bond acceptors (Lipinski definition) is 6. The number of carbonyl (C=O) groups is 1. The molecule has 0 aliphatic carbocycles. The minimum absolute atomic E-state index is 0.00603. The first kappa shape index (κ1) is 16.8. The van der Waals surface area contributed by atoms with Crippen LogP contribution in [0, 0.1) is 12.7 Å². The fourth-order valence-corrected chi connectivity index (χ4v) is 2.86. The van der Waals surface area contributed by atoms with Gasteiger partial charge in [0.25, 0.3) is 5.91 Å². The number of H-pyrrole nitrogens is 1. The second kappa shape index (κ2) is 6.81. The van der Waals surface area contributed by atoms with E-state index in [1.54, 1.807) is 18.4 Å². The van der Waals surface area contributed by atoms with Gasteiger partial charge in [-0.25, -0.2) is 14.2 Å². The summed E-state index contributed by atoms with van der Waals surface area (Å²) in [6.07, 6.45) is 0. The van der Waals surface area contributed by atoms with Crippen molar-refractivity contribution in [1.29, 1.82) is 0 Å². The number of nitrogens with zero attached hydrogens (tertiary/aromatic N) is 2. The topological polar surface area (TPSA) is 97.0 Å². The van der Waals surface area contributed by atoms with Crippen molar-refractivity contribution in [2.24, 2.45) is 0 Å². The number of aromatic amines is 1. The lowest BCUT2D eigenvalue weighted by Gasteiger charge is -2.03. The van der Waals surface area contributed by atoms with Gasteiger partial charge in [-0.05, 0) is 31.2 Å². The van der Waals surface area contributed by atoms with Gasteiger partial charge in [-0.15, -0.1) is 11.3 Å². The number of methoxy groups -OCH3 is 1. The van der Waals surface area contributed by atoms with Crippen LogP contribution < -0.4 is 15.7 Å². The molecule has 0 fully saturated rings. The summed E-state index contributed by atoms with van der Waals surface area (Å²) in [7, 11) is 1.39. The zero-order chi connectivity index (χ0) is 18.0.